The van der Waals surface area contributed by atoms with Crippen LogP contribution in [0.25, 0.3) is 10.8 Å². The standard InChI is InChI=1S/C17H14N2O4S/c20-19(21)16-7-3-4-13(10-16)12-18-24(22,23)17-9-8-14-5-1-2-6-15(14)11-17/h1-11,18H,12H2. The summed E-state index contributed by atoms with van der Waals surface area (Å²) < 4.78 is 27.3. The quantitative estimate of drug-likeness (QED) is 0.569. The van der Waals surface area contributed by atoms with Gasteiger partial charge in [-0.25, -0.2) is 13.1 Å². The Morgan fingerprint density at radius 3 is 2.42 bits per heavy atom. The van der Waals surface area contributed by atoms with Crippen LogP contribution in [0.3, 0.4) is 0 Å². The van der Waals surface area contributed by atoms with Gasteiger partial charge in [0.15, 0.2) is 0 Å². The Morgan fingerprint density at radius 1 is 0.917 bits per heavy atom. The first kappa shape index (κ1) is 16.1. The predicted octanol–water partition coefficient (Wildman–Crippen LogP) is 3.23. The molecule has 24 heavy (non-hydrogen) atoms. The molecule has 3 aromatic carbocycles. The molecular formula is C17H14N2O4S. The first-order valence-corrected chi connectivity index (χ1v) is 8.66. The van der Waals surface area contributed by atoms with Gasteiger partial charge in [0, 0.05) is 18.7 Å². The SMILES string of the molecule is O=[N+]([O-])c1cccc(CNS(=O)(=O)c2ccc3ccccc3c2)c1. The molecule has 0 heterocycles. The maximum Gasteiger partial charge on any atom is 0.269 e. The van der Waals surface area contributed by atoms with E-state index in [-0.39, 0.29) is 17.1 Å². The van der Waals surface area contributed by atoms with E-state index in [1.807, 2.05) is 24.3 Å². The zero-order valence-electron chi connectivity index (χ0n) is 12.5. The van der Waals surface area contributed by atoms with Crippen LogP contribution in [0.5, 0.6) is 0 Å². The van der Waals surface area contributed by atoms with Crippen LogP contribution >= 0.6 is 0 Å². The smallest absolute Gasteiger partial charge is 0.258 e. The second-order valence-electron chi connectivity index (χ2n) is 5.26. The molecule has 6 nitrogen and oxygen atoms in total. The molecule has 0 atom stereocenters. The highest BCUT2D eigenvalue weighted by Crippen LogP contribution is 2.19. The van der Waals surface area contributed by atoms with Gasteiger partial charge in [-0.1, -0.05) is 42.5 Å². The molecule has 3 rings (SSSR count). The van der Waals surface area contributed by atoms with Gasteiger partial charge in [0.05, 0.1) is 9.82 Å². The van der Waals surface area contributed by atoms with Crippen molar-refractivity contribution in [2.24, 2.45) is 0 Å². The van der Waals surface area contributed by atoms with Crippen molar-refractivity contribution in [2.75, 3.05) is 0 Å². The summed E-state index contributed by atoms with van der Waals surface area (Å²) in [6.07, 6.45) is 0. The lowest BCUT2D eigenvalue weighted by Crippen LogP contribution is -2.23. The molecule has 0 aliphatic carbocycles. The minimum Gasteiger partial charge on any atom is -0.258 e. The van der Waals surface area contributed by atoms with Crippen LogP contribution in [0.15, 0.2) is 71.6 Å². The second-order valence-corrected chi connectivity index (χ2v) is 7.03. The number of nitro benzene ring substituents is 1. The number of hydrogen-bond acceptors (Lipinski definition) is 4. The molecule has 0 saturated carbocycles. The van der Waals surface area contributed by atoms with Gasteiger partial charge in [-0.05, 0) is 28.5 Å². The molecule has 1 N–H and O–H groups in total. The average Bonchev–Trinajstić information content (AvgIpc) is 2.60. The maximum atomic E-state index is 12.4. The van der Waals surface area contributed by atoms with Gasteiger partial charge < -0.3 is 0 Å². The van der Waals surface area contributed by atoms with Crippen LogP contribution < -0.4 is 4.72 Å². The fraction of sp³-hybridized carbons (Fsp3) is 0.0588. The zero-order chi connectivity index (χ0) is 17.2. The number of hydrogen-bond donors (Lipinski definition) is 1. The fourth-order valence-electron chi connectivity index (χ4n) is 2.38. The van der Waals surface area contributed by atoms with Gasteiger partial charge in [-0.3, -0.25) is 10.1 Å². The van der Waals surface area contributed by atoms with E-state index in [0.29, 0.717) is 5.56 Å². The summed E-state index contributed by atoms with van der Waals surface area (Å²) in [5, 5.41) is 12.6. The summed E-state index contributed by atoms with van der Waals surface area (Å²) in [5.41, 5.74) is 0.450. The summed E-state index contributed by atoms with van der Waals surface area (Å²) >= 11 is 0. The monoisotopic (exact) mass is 342 g/mol. The largest absolute Gasteiger partial charge is 0.269 e. The van der Waals surface area contributed by atoms with Crippen molar-refractivity contribution in [1.29, 1.82) is 0 Å². The van der Waals surface area contributed by atoms with E-state index < -0.39 is 14.9 Å². The molecule has 0 fully saturated rings. The number of sulfonamides is 1. The van der Waals surface area contributed by atoms with Gasteiger partial charge in [-0.15, -0.1) is 0 Å². The van der Waals surface area contributed by atoms with Crippen molar-refractivity contribution >= 4 is 26.5 Å². The Bertz CT molecular complexity index is 1020. The molecule has 3 aromatic rings. The zero-order valence-corrected chi connectivity index (χ0v) is 13.4. The Hall–Kier alpha value is -2.77. The lowest BCUT2D eigenvalue weighted by Gasteiger charge is -2.08. The van der Waals surface area contributed by atoms with E-state index in [1.165, 1.54) is 24.3 Å². The van der Waals surface area contributed by atoms with E-state index in [0.717, 1.165) is 10.8 Å². The summed E-state index contributed by atoms with van der Waals surface area (Å²) in [6.45, 7) is -0.0170. The van der Waals surface area contributed by atoms with E-state index in [2.05, 4.69) is 4.72 Å². The van der Waals surface area contributed by atoms with Gasteiger partial charge in [0.2, 0.25) is 10.0 Å². The van der Waals surface area contributed by atoms with Crippen LogP contribution in [0.2, 0.25) is 0 Å². The molecule has 0 bridgehead atoms. The molecular weight excluding hydrogens is 328 g/mol. The van der Waals surface area contributed by atoms with Crippen LogP contribution in [0.4, 0.5) is 5.69 Å². The summed E-state index contributed by atoms with van der Waals surface area (Å²) in [4.78, 5) is 10.4. The molecule has 0 spiro atoms. The maximum absolute atomic E-state index is 12.4. The molecule has 7 heteroatoms. The topological polar surface area (TPSA) is 89.3 Å². The third-order valence-electron chi connectivity index (χ3n) is 3.62. The average molecular weight is 342 g/mol. The number of benzene rings is 3. The van der Waals surface area contributed by atoms with Crippen molar-refractivity contribution in [3.05, 3.63) is 82.4 Å². The Morgan fingerprint density at radius 2 is 1.67 bits per heavy atom. The Labute approximate surface area is 138 Å². The summed E-state index contributed by atoms with van der Waals surface area (Å²) in [6, 6.07) is 18.2. The third kappa shape index (κ3) is 3.42. The minimum atomic E-state index is -3.70. The van der Waals surface area contributed by atoms with Crippen LogP contribution in [0, 0.1) is 10.1 Å². The number of nitro groups is 1. The Kier molecular flexibility index (Phi) is 4.28. The predicted molar refractivity (Wildman–Crippen MR) is 91.1 cm³/mol. The van der Waals surface area contributed by atoms with Crippen molar-refractivity contribution in [3.8, 4) is 0 Å². The molecule has 122 valence electrons. The van der Waals surface area contributed by atoms with E-state index in [4.69, 9.17) is 0 Å². The lowest BCUT2D eigenvalue weighted by atomic mass is 10.1. The Balaban J connectivity index is 1.82. The number of rotatable bonds is 5. The van der Waals surface area contributed by atoms with E-state index in [9.17, 15) is 18.5 Å². The molecule has 0 unspecified atom stereocenters. The van der Waals surface area contributed by atoms with Crippen LogP contribution in [-0.4, -0.2) is 13.3 Å². The van der Waals surface area contributed by atoms with Crippen LogP contribution in [-0.2, 0) is 16.6 Å². The molecule has 0 aliphatic rings. The highest BCUT2D eigenvalue weighted by Gasteiger charge is 2.15. The first-order valence-electron chi connectivity index (χ1n) is 7.17. The normalized spacial score (nSPS) is 11.5. The van der Waals surface area contributed by atoms with Crippen LogP contribution in [0.1, 0.15) is 5.56 Å². The van der Waals surface area contributed by atoms with E-state index in [1.54, 1.807) is 18.2 Å². The van der Waals surface area contributed by atoms with Gasteiger partial charge >= 0.3 is 0 Å². The minimum absolute atomic E-state index is 0.0170. The van der Waals surface area contributed by atoms with Gasteiger partial charge in [0.25, 0.3) is 5.69 Å². The highest BCUT2D eigenvalue weighted by molar-refractivity contribution is 7.89. The summed E-state index contributed by atoms with van der Waals surface area (Å²) in [7, 11) is -3.70. The number of nitrogens with zero attached hydrogens (tertiary/aromatic N) is 1. The number of non-ortho nitro benzene ring substituents is 1. The second kappa shape index (κ2) is 6.38. The molecule has 0 aromatic heterocycles. The fourth-order valence-corrected chi connectivity index (χ4v) is 3.43. The van der Waals surface area contributed by atoms with Crippen molar-refractivity contribution in [2.45, 2.75) is 11.4 Å². The molecule has 0 aliphatic heterocycles. The third-order valence-corrected chi connectivity index (χ3v) is 5.02. The van der Waals surface area contributed by atoms with Crippen molar-refractivity contribution in [1.82, 2.24) is 4.72 Å². The van der Waals surface area contributed by atoms with Gasteiger partial charge in [0.1, 0.15) is 0 Å². The number of nitrogens with one attached hydrogen (secondary N) is 1. The first-order chi connectivity index (χ1) is 11.5. The molecule has 0 saturated heterocycles. The molecule has 0 amide bonds. The number of fused-ring (bicyclic) bond motifs is 1. The summed E-state index contributed by atoms with van der Waals surface area (Å²) in [5.74, 6) is 0. The highest BCUT2D eigenvalue weighted by atomic mass is 32.2. The van der Waals surface area contributed by atoms with E-state index >= 15 is 0 Å². The van der Waals surface area contributed by atoms with Crippen molar-refractivity contribution in [3.63, 3.8) is 0 Å². The van der Waals surface area contributed by atoms with Gasteiger partial charge in [-0.2, -0.15) is 0 Å². The van der Waals surface area contributed by atoms with Crippen molar-refractivity contribution < 1.29 is 13.3 Å². The molecule has 0 radical (unpaired) electrons. The lowest BCUT2D eigenvalue weighted by molar-refractivity contribution is -0.384.